The molecule has 0 aliphatic carbocycles. The van der Waals surface area contributed by atoms with E-state index in [-0.39, 0.29) is 0 Å². The summed E-state index contributed by atoms with van der Waals surface area (Å²) < 4.78 is 6.33. The number of benzene rings is 1. The van der Waals surface area contributed by atoms with Gasteiger partial charge in [0.05, 0.1) is 0 Å². The molecule has 4 heteroatoms. The molecule has 0 radical (unpaired) electrons. The van der Waals surface area contributed by atoms with Crippen molar-refractivity contribution in [3.05, 3.63) is 35.9 Å². The van der Waals surface area contributed by atoms with Crippen molar-refractivity contribution >= 4 is 26.6 Å². The average molecular weight is 296 g/mol. The second kappa shape index (κ2) is 5.99. The van der Waals surface area contributed by atoms with Gasteiger partial charge in [-0.2, -0.15) is 0 Å². The van der Waals surface area contributed by atoms with Crippen LogP contribution in [0.3, 0.4) is 0 Å². The van der Waals surface area contributed by atoms with Crippen molar-refractivity contribution in [3.63, 3.8) is 0 Å². The van der Waals surface area contributed by atoms with Crippen LogP contribution in [0.1, 0.15) is 12.0 Å². The summed E-state index contributed by atoms with van der Waals surface area (Å²) in [6.45, 7) is 1.42. The van der Waals surface area contributed by atoms with Crippen molar-refractivity contribution in [2.45, 2.75) is 18.9 Å². The molecule has 2 rings (SSSR count). The number of nitrogens with zero attached hydrogens (tertiary/aromatic N) is 1. The van der Waals surface area contributed by atoms with E-state index >= 15 is 0 Å². The van der Waals surface area contributed by atoms with E-state index in [1.165, 1.54) is 5.56 Å². The average Bonchev–Trinajstić information content (AvgIpc) is 2.69. The molecule has 0 spiro atoms. The van der Waals surface area contributed by atoms with Crippen LogP contribution >= 0.6 is 0 Å². The molecule has 1 aromatic rings. The van der Waals surface area contributed by atoms with Gasteiger partial charge < -0.3 is 0 Å². The van der Waals surface area contributed by atoms with Gasteiger partial charge in [-0.1, -0.05) is 0 Å². The zero-order valence-electron chi connectivity index (χ0n) is 9.54. The van der Waals surface area contributed by atoms with Crippen molar-refractivity contribution < 1.29 is 9.53 Å². The van der Waals surface area contributed by atoms with Gasteiger partial charge in [0.2, 0.25) is 0 Å². The van der Waals surface area contributed by atoms with Gasteiger partial charge in [-0.25, -0.2) is 0 Å². The van der Waals surface area contributed by atoms with Crippen LogP contribution < -0.4 is 0 Å². The second-order valence-electron chi connectivity index (χ2n) is 4.07. The quantitative estimate of drug-likeness (QED) is 0.594. The zero-order valence-corrected chi connectivity index (χ0v) is 11.3. The van der Waals surface area contributed by atoms with Crippen molar-refractivity contribution in [1.29, 1.82) is 0 Å². The summed E-state index contributed by atoms with van der Waals surface area (Å²) in [5.41, 5.74) is 1.30. The Morgan fingerprint density at radius 1 is 1.41 bits per heavy atom. The first kappa shape index (κ1) is 12.3. The summed E-state index contributed by atoms with van der Waals surface area (Å²) in [5, 5.41) is 0. The Morgan fingerprint density at radius 2 is 2.18 bits per heavy atom. The maximum absolute atomic E-state index is 10.4. The van der Waals surface area contributed by atoms with Crippen LogP contribution in [0.2, 0.25) is 0 Å². The Kier molecular flexibility index (Phi) is 4.35. The van der Waals surface area contributed by atoms with Crippen LogP contribution in [0.25, 0.3) is 0 Å². The molecule has 0 N–H and O–H groups in total. The summed E-state index contributed by atoms with van der Waals surface area (Å²) in [6.07, 6.45) is 2.44. The van der Waals surface area contributed by atoms with Gasteiger partial charge in [0.15, 0.2) is 0 Å². The fourth-order valence-electron chi connectivity index (χ4n) is 2.01. The third-order valence-corrected chi connectivity index (χ3v) is 3.62. The molecule has 3 nitrogen and oxygen atoms in total. The molecule has 0 unspecified atom stereocenters. The fraction of sp³-hybridized carbons (Fsp3) is 0.385. The van der Waals surface area contributed by atoms with Gasteiger partial charge in [0.25, 0.3) is 0 Å². The predicted octanol–water partition coefficient (Wildman–Crippen LogP) is 0.775. The Labute approximate surface area is 109 Å². The summed E-state index contributed by atoms with van der Waals surface area (Å²) in [7, 11) is 0. The van der Waals surface area contributed by atoms with E-state index in [1.54, 1.807) is 0 Å². The molecule has 1 aromatic carbocycles. The topological polar surface area (TPSA) is 29.5 Å². The monoisotopic (exact) mass is 297 g/mol. The number of rotatable bonds is 5. The first-order valence-corrected chi connectivity index (χ1v) is 6.58. The van der Waals surface area contributed by atoms with E-state index in [0.717, 1.165) is 24.0 Å². The van der Waals surface area contributed by atoms with Crippen molar-refractivity contribution in [2.24, 2.45) is 0 Å². The summed E-state index contributed by atoms with van der Waals surface area (Å²) in [6, 6.07) is 10.7. The van der Waals surface area contributed by atoms with Gasteiger partial charge in [-0.05, 0) is 0 Å². The number of carbonyl (C=O) groups is 1. The summed E-state index contributed by atoms with van der Waals surface area (Å²) in [5.74, 6) is 0. The van der Waals surface area contributed by atoms with Crippen LogP contribution in [0.4, 0.5) is 0 Å². The molecule has 1 aliphatic rings. The molecule has 1 saturated heterocycles. The van der Waals surface area contributed by atoms with Crippen LogP contribution in [0.15, 0.2) is 30.3 Å². The van der Waals surface area contributed by atoms with Crippen LogP contribution in [-0.2, 0) is 16.0 Å². The number of aldehydes is 1. The van der Waals surface area contributed by atoms with Gasteiger partial charge in [0.1, 0.15) is 0 Å². The number of carbonyl (C=O) groups excluding carboxylic acids is 1. The molecular weight excluding hydrogens is 281 g/mol. The molecule has 0 aromatic heterocycles. The van der Waals surface area contributed by atoms with E-state index < -0.39 is 0 Å². The number of hydrogen-bond donors (Lipinski definition) is 0. The number of ether oxygens (including phenoxy) is 1. The Morgan fingerprint density at radius 3 is 2.88 bits per heavy atom. The molecule has 1 atom stereocenters. The van der Waals surface area contributed by atoms with Gasteiger partial charge in [-0.15, -0.1) is 0 Å². The Balaban J connectivity index is 1.99. The van der Waals surface area contributed by atoms with Crippen LogP contribution in [0, 0.1) is 0 Å². The van der Waals surface area contributed by atoms with Gasteiger partial charge in [0, 0.05) is 0 Å². The standard InChI is InChI=1S/C13H15NO2Se/c15-8-4-7-14-12(10-16-13(14)17)9-11-5-2-1-3-6-11/h1-3,5-6,8,12H,4,7,9-10H2/t12-/m0/s1. The predicted molar refractivity (Wildman–Crippen MR) is 68.0 cm³/mol. The molecule has 17 heavy (non-hydrogen) atoms. The van der Waals surface area contributed by atoms with E-state index in [9.17, 15) is 4.79 Å². The van der Waals surface area contributed by atoms with E-state index in [0.29, 0.717) is 19.1 Å². The minimum absolute atomic E-state index is 0.327. The van der Waals surface area contributed by atoms with Crippen LogP contribution in [0.5, 0.6) is 0 Å². The van der Waals surface area contributed by atoms with E-state index in [4.69, 9.17) is 4.74 Å². The number of hydrogen-bond acceptors (Lipinski definition) is 3. The molecule has 0 bridgehead atoms. The van der Waals surface area contributed by atoms with Gasteiger partial charge >= 0.3 is 109 Å². The maximum atomic E-state index is 10.4. The third-order valence-electron chi connectivity index (χ3n) is 2.88. The molecule has 90 valence electrons. The molecule has 1 fully saturated rings. The third kappa shape index (κ3) is 3.18. The molecule has 1 aliphatic heterocycles. The van der Waals surface area contributed by atoms with Crippen molar-refractivity contribution in [3.8, 4) is 0 Å². The van der Waals surface area contributed by atoms with E-state index in [1.807, 2.05) is 18.2 Å². The second-order valence-corrected chi connectivity index (χ2v) is 4.80. The first-order valence-electron chi connectivity index (χ1n) is 5.72. The Hall–Kier alpha value is -1.12. The molecule has 1 heterocycles. The van der Waals surface area contributed by atoms with Gasteiger partial charge in [-0.3, -0.25) is 0 Å². The summed E-state index contributed by atoms with van der Waals surface area (Å²) >= 11 is 2.92. The molecule has 0 amide bonds. The SMILES string of the molecule is O=CCCN1C(=[Se])OC[C@@H]1Cc1ccccc1. The van der Waals surface area contributed by atoms with Crippen LogP contribution in [-0.4, -0.2) is 50.7 Å². The zero-order chi connectivity index (χ0) is 12.1. The first-order chi connectivity index (χ1) is 8.31. The van der Waals surface area contributed by atoms with E-state index in [2.05, 4.69) is 32.6 Å². The van der Waals surface area contributed by atoms with Crippen molar-refractivity contribution in [1.82, 2.24) is 4.90 Å². The fourth-order valence-corrected chi connectivity index (χ4v) is 2.66. The normalized spacial score (nSPS) is 19.2. The summed E-state index contributed by atoms with van der Waals surface area (Å²) in [4.78, 5) is 12.6. The minimum atomic E-state index is 0.327. The van der Waals surface area contributed by atoms with Crippen molar-refractivity contribution in [2.75, 3.05) is 13.2 Å². The molecule has 0 saturated carbocycles. The molecular formula is C13H15NO2Se. The Bertz CT molecular complexity index is 394.